The van der Waals surface area contributed by atoms with Crippen LogP contribution in [0.1, 0.15) is 31.2 Å². The lowest BCUT2D eigenvalue weighted by atomic mass is 9.68. The zero-order valence-electron chi connectivity index (χ0n) is 10.9. The number of nitro groups is 1. The van der Waals surface area contributed by atoms with Crippen LogP contribution in [-0.4, -0.2) is 22.7 Å². The van der Waals surface area contributed by atoms with Gasteiger partial charge in [-0.3, -0.25) is 10.1 Å². The van der Waals surface area contributed by atoms with E-state index in [1.54, 1.807) is 18.2 Å². The predicted octanol–water partition coefficient (Wildman–Crippen LogP) is 2.02. The minimum Gasteiger partial charge on any atom is -0.392 e. The first-order valence-electron chi connectivity index (χ1n) is 6.69. The Hall–Kier alpha value is -1.46. The van der Waals surface area contributed by atoms with Gasteiger partial charge in [-0.1, -0.05) is 31.0 Å². The van der Waals surface area contributed by atoms with E-state index in [0.717, 1.165) is 25.7 Å². The van der Waals surface area contributed by atoms with Gasteiger partial charge in [-0.15, -0.1) is 0 Å². The molecule has 0 spiro atoms. The fourth-order valence-electron chi connectivity index (χ4n) is 3.02. The van der Waals surface area contributed by atoms with Gasteiger partial charge < -0.3 is 10.8 Å². The van der Waals surface area contributed by atoms with Crippen LogP contribution in [0.4, 0.5) is 5.69 Å². The van der Waals surface area contributed by atoms with Crippen molar-refractivity contribution < 1.29 is 10.0 Å². The van der Waals surface area contributed by atoms with E-state index >= 15 is 0 Å². The van der Waals surface area contributed by atoms with Crippen molar-refractivity contribution in [3.63, 3.8) is 0 Å². The summed E-state index contributed by atoms with van der Waals surface area (Å²) in [6.07, 6.45) is 3.59. The minimum absolute atomic E-state index is 0.119. The summed E-state index contributed by atoms with van der Waals surface area (Å²) in [4.78, 5) is 10.7. The van der Waals surface area contributed by atoms with Gasteiger partial charge in [0.15, 0.2) is 0 Å². The van der Waals surface area contributed by atoms with E-state index < -0.39 is 11.5 Å². The van der Waals surface area contributed by atoms with Gasteiger partial charge in [0.2, 0.25) is 0 Å². The molecule has 0 bridgehead atoms. The first-order valence-corrected chi connectivity index (χ1v) is 6.69. The number of hydrogen-bond donors (Lipinski definition) is 2. The lowest BCUT2D eigenvalue weighted by Gasteiger charge is -2.40. The number of rotatable bonds is 4. The fourth-order valence-corrected chi connectivity index (χ4v) is 3.02. The average Bonchev–Trinajstić information content (AvgIpc) is 2.42. The number of nitrogens with two attached hydrogens (primary N) is 1. The van der Waals surface area contributed by atoms with Gasteiger partial charge in [0.05, 0.1) is 11.0 Å². The van der Waals surface area contributed by atoms with Crippen LogP contribution in [0.25, 0.3) is 0 Å². The highest BCUT2D eigenvalue weighted by Gasteiger charge is 2.39. The van der Waals surface area contributed by atoms with Gasteiger partial charge in [0.1, 0.15) is 0 Å². The maximum Gasteiger partial charge on any atom is 0.272 e. The second-order valence-electron chi connectivity index (χ2n) is 5.39. The Morgan fingerprint density at radius 1 is 1.42 bits per heavy atom. The summed E-state index contributed by atoms with van der Waals surface area (Å²) < 4.78 is 0. The normalized spacial score (nSPS) is 27.2. The fraction of sp³-hybridized carbons (Fsp3) is 0.571. The summed E-state index contributed by atoms with van der Waals surface area (Å²) >= 11 is 0. The van der Waals surface area contributed by atoms with Crippen LogP contribution in [0.2, 0.25) is 0 Å². The Kier molecular flexibility index (Phi) is 4.17. The molecule has 1 saturated carbocycles. The van der Waals surface area contributed by atoms with Crippen molar-refractivity contribution in [2.24, 2.45) is 11.1 Å². The summed E-state index contributed by atoms with van der Waals surface area (Å²) in [6.45, 7) is 0.361. The summed E-state index contributed by atoms with van der Waals surface area (Å²) in [5.41, 5.74) is 6.24. The second kappa shape index (κ2) is 5.67. The van der Waals surface area contributed by atoms with E-state index in [-0.39, 0.29) is 10.6 Å². The van der Waals surface area contributed by atoms with Gasteiger partial charge in [0.25, 0.3) is 5.69 Å². The molecule has 0 saturated heterocycles. The van der Waals surface area contributed by atoms with E-state index in [4.69, 9.17) is 5.73 Å². The molecule has 2 rings (SSSR count). The highest BCUT2D eigenvalue weighted by atomic mass is 16.6. The van der Waals surface area contributed by atoms with Crippen LogP contribution >= 0.6 is 0 Å². The molecule has 5 heteroatoms. The van der Waals surface area contributed by atoms with Crippen molar-refractivity contribution >= 4 is 5.69 Å². The van der Waals surface area contributed by atoms with Crippen molar-refractivity contribution in [2.75, 3.05) is 6.54 Å². The largest absolute Gasteiger partial charge is 0.392 e. The van der Waals surface area contributed by atoms with E-state index in [0.29, 0.717) is 18.5 Å². The van der Waals surface area contributed by atoms with Gasteiger partial charge >= 0.3 is 0 Å². The van der Waals surface area contributed by atoms with Crippen LogP contribution in [-0.2, 0) is 6.42 Å². The Balaban J connectivity index is 2.30. The van der Waals surface area contributed by atoms with Crippen molar-refractivity contribution in [1.82, 2.24) is 0 Å². The Bertz CT molecular complexity index is 464. The van der Waals surface area contributed by atoms with Crippen LogP contribution in [0.15, 0.2) is 24.3 Å². The lowest BCUT2D eigenvalue weighted by molar-refractivity contribution is -0.385. The summed E-state index contributed by atoms with van der Waals surface area (Å²) in [5.74, 6) is 0. The van der Waals surface area contributed by atoms with Crippen molar-refractivity contribution in [3.8, 4) is 0 Å². The molecular formula is C14H20N2O3. The molecular weight excluding hydrogens is 244 g/mol. The van der Waals surface area contributed by atoms with Crippen LogP contribution < -0.4 is 5.73 Å². The number of nitro benzene ring substituents is 1. The highest BCUT2D eigenvalue weighted by Crippen LogP contribution is 2.40. The summed E-state index contributed by atoms with van der Waals surface area (Å²) in [6, 6.07) is 6.72. The summed E-state index contributed by atoms with van der Waals surface area (Å²) in [7, 11) is 0. The predicted molar refractivity (Wildman–Crippen MR) is 72.8 cm³/mol. The van der Waals surface area contributed by atoms with Gasteiger partial charge in [-0.25, -0.2) is 0 Å². The van der Waals surface area contributed by atoms with E-state index in [9.17, 15) is 15.2 Å². The quantitative estimate of drug-likeness (QED) is 0.643. The van der Waals surface area contributed by atoms with Gasteiger partial charge in [-0.2, -0.15) is 0 Å². The maximum absolute atomic E-state index is 11.0. The number of aliphatic hydroxyl groups excluding tert-OH is 1. The number of aliphatic hydroxyl groups is 1. The Morgan fingerprint density at radius 2 is 2.16 bits per heavy atom. The SMILES string of the molecule is NCC1(Cc2ccccc2[N+](=O)[O-])CCCCC1O. The topological polar surface area (TPSA) is 89.4 Å². The minimum atomic E-state index is -0.467. The standard InChI is InChI=1S/C14H20N2O3/c15-10-14(8-4-3-7-13(14)17)9-11-5-1-2-6-12(11)16(18)19/h1-2,5-6,13,17H,3-4,7-10,15H2. The molecule has 1 aliphatic carbocycles. The van der Waals surface area contributed by atoms with Crippen molar-refractivity contribution in [1.29, 1.82) is 0 Å². The number of nitrogens with zero attached hydrogens (tertiary/aromatic N) is 1. The molecule has 1 aromatic carbocycles. The zero-order chi connectivity index (χ0) is 13.9. The van der Waals surface area contributed by atoms with E-state index in [2.05, 4.69) is 0 Å². The maximum atomic E-state index is 11.0. The molecule has 0 heterocycles. The third kappa shape index (κ3) is 2.77. The molecule has 1 aliphatic rings. The molecule has 1 fully saturated rings. The van der Waals surface area contributed by atoms with Gasteiger partial charge in [-0.05, 0) is 19.3 Å². The molecule has 1 aromatic rings. The van der Waals surface area contributed by atoms with E-state index in [1.807, 2.05) is 0 Å². The smallest absolute Gasteiger partial charge is 0.272 e. The molecule has 104 valence electrons. The Labute approximate surface area is 112 Å². The molecule has 2 atom stereocenters. The molecule has 0 radical (unpaired) electrons. The van der Waals surface area contributed by atoms with Crippen LogP contribution in [0.5, 0.6) is 0 Å². The van der Waals surface area contributed by atoms with Crippen molar-refractivity contribution in [3.05, 3.63) is 39.9 Å². The first-order chi connectivity index (χ1) is 9.09. The van der Waals surface area contributed by atoms with Gasteiger partial charge in [0, 0.05) is 23.6 Å². The second-order valence-corrected chi connectivity index (χ2v) is 5.39. The number of para-hydroxylation sites is 1. The molecule has 5 nitrogen and oxygen atoms in total. The third-order valence-electron chi connectivity index (χ3n) is 4.25. The zero-order valence-corrected chi connectivity index (χ0v) is 10.9. The van der Waals surface area contributed by atoms with Crippen LogP contribution in [0, 0.1) is 15.5 Å². The molecule has 0 aliphatic heterocycles. The molecule has 3 N–H and O–H groups in total. The third-order valence-corrected chi connectivity index (χ3v) is 4.25. The average molecular weight is 264 g/mol. The molecule has 2 unspecified atom stereocenters. The monoisotopic (exact) mass is 264 g/mol. The Morgan fingerprint density at radius 3 is 2.79 bits per heavy atom. The molecule has 0 amide bonds. The number of hydrogen-bond acceptors (Lipinski definition) is 4. The molecule has 0 aromatic heterocycles. The van der Waals surface area contributed by atoms with E-state index in [1.165, 1.54) is 6.07 Å². The highest BCUT2D eigenvalue weighted by molar-refractivity contribution is 5.40. The first kappa shape index (κ1) is 14.0. The van der Waals surface area contributed by atoms with Crippen molar-refractivity contribution in [2.45, 2.75) is 38.2 Å². The van der Waals surface area contributed by atoms with Crippen LogP contribution in [0.3, 0.4) is 0 Å². The molecule has 19 heavy (non-hydrogen) atoms. The summed E-state index contributed by atoms with van der Waals surface area (Å²) in [5, 5.41) is 21.3. The lowest BCUT2D eigenvalue weighted by Crippen LogP contribution is -2.45. The number of benzene rings is 1.